The molecule has 1 saturated heterocycles. The minimum Gasteiger partial charge on any atom is -0.340 e. The molecule has 2 aromatic heterocycles. The van der Waals surface area contributed by atoms with E-state index in [-0.39, 0.29) is 5.91 Å². The molecule has 0 unspecified atom stereocenters. The van der Waals surface area contributed by atoms with Gasteiger partial charge in [0, 0.05) is 51.3 Å². The van der Waals surface area contributed by atoms with Gasteiger partial charge in [0.15, 0.2) is 5.65 Å². The zero-order valence-electron chi connectivity index (χ0n) is 13.6. The Bertz CT molecular complexity index is 728. The highest BCUT2D eigenvalue weighted by atomic mass is 16.2. The Morgan fingerprint density at radius 2 is 2.13 bits per heavy atom. The zero-order valence-corrected chi connectivity index (χ0v) is 13.6. The number of rotatable bonds is 4. The van der Waals surface area contributed by atoms with Crippen LogP contribution in [0.5, 0.6) is 0 Å². The van der Waals surface area contributed by atoms with Gasteiger partial charge in [0.25, 0.3) is 0 Å². The highest BCUT2D eigenvalue weighted by Gasteiger charge is 2.30. The Hall–Kier alpha value is -1.95. The van der Waals surface area contributed by atoms with Gasteiger partial charge in [-0.05, 0) is 31.4 Å². The first kappa shape index (κ1) is 14.6. The number of hydrogen-bond acceptors (Lipinski definition) is 4. The first-order valence-corrected chi connectivity index (χ1v) is 8.53. The topological polar surface area (TPSA) is 63.1 Å². The van der Waals surface area contributed by atoms with Crippen molar-refractivity contribution >= 4 is 17.1 Å². The van der Waals surface area contributed by atoms with Crippen molar-refractivity contribution in [1.82, 2.24) is 24.8 Å². The second-order valence-electron chi connectivity index (χ2n) is 6.63. The van der Waals surface area contributed by atoms with Crippen molar-refractivity contribution in [2.75, 3.05) is 26.2 Å². The highest BCUT2D eigenvalue weighted by Crippen LogP contribution is 2.40. The normalized spacial score (nSPS) is 18.6. The van der Waals surface area contributed by atoms with Crippen molar-refractivity contribution in [3.63, 3.8) is 0 Å². The van der Waals surface area contributed by atoms with E-state index in [9.17, 15) is 4.79 Å². The zero-order chi connectivity index (χ0) is 15.8. The molecule has 1 aliphatic heterocycles. The van der Waals surface area contributed by atoms with Crippen molar-refractivity contribution in [3.8, 4) is 0 Å². The van der Waals surface area contributed by atoms with Gasteiger partial charge in [0.2, 0.25) is 5.91 Å². The number of nitrogens with zero attached hydrogens (tertiary/aromatic N) is 4. The van der Waals surface area contributed by atoms with E-state index in [0.717, 1.165) is 48.7 Å². The van der Waals surface area contributed by atoms with E-state index in [4.69, 9.17) is 4.98 Å². The molecule has 0 aromatic carbocycles. The number of imidazole rings is 1. The smallest absolute Gasteiger partial charge is 0.224 e. The molecule has 1 aliphatic carbocycles. The molecule has 2 aromatic rings. The number of fused-ring (bicyclic) bond motifs is 1. The number of pyridine rings is 1. The van der Waals surface area contributed by atoms with E-state index >= 15 is 0 Å². The predicted octanol–water partition coefficient (Wildman–Crippen LogP) is 1.44. The maximum absolute atomic E-state index is 12.4. The van der Waals surface area contributed by atoms with Crippen LogP contribution in [0.25, 0.3) is 11.2 Å². The predicted molar refractivity (Wildman–Crippen MR) is 88.3 cm³/mol. The van der Waals surface area contributed by atoms with Crippen LogP contribution in [-0.4, -0.2) is 51.5 Å². The number of amides is 1. The number of aromatic nitrogens is 3. The summed E-state index contributed by atoms with van der Waals surface area (Å²) < 4.78 is 2.17. The van der Waals surface area contributed by atoms with Crippen LogP contribution in [0.4, 0.5) is 0 Å². The van der Waals surface area contributed by atoms with Crippen LogP contribution in [0.3, 0.4) is 0 Å². The van der Waals surface area contributed by atoms with Gasteiger partial charge in [-0.15, -0.1) is 0 Å². The lowest BCUT2D eigenvalue weighted by atomic mass is 10.3. The van der Waals surface area contributed by atoms with Crippen LogP contribution in [-0.2, 0) is 11.3 Å². The van der Waals surface area contributed by atoms with E-state index in [1.165, 1.54) is 12.8 Å². The van der Waals surface area contributed by atoms with Gasteiger partial charge in [-0.1, -0.05) is 0 Å². The van der Waals surface area contributed by atoms with Gasteiger partial charge in [-0.2, -0.15) is 0 Å². The first-order valence-electron chi connectivity index (χ1n) is 8.53. The molecular weight excluding hydrogens is 290 g/mol. The van der Waals surface area contributed by atoms with Crippen LogP contribution >= 0.6 is 0 Å². The van der Waals surface area contributed by atoms with Crippen molar-refractivity contribution in [2.24, 2.45) is 0 Å². The quantitative estimate of drug-likeness (QED) is 0.928. The second-order valence-corrected chi connectivity index (χ2v) is 6.63. The molecule has 2 aliphatic rings. The van der Waals surface area contributed by atoms with E-state index in [2.05, 4.69) is 20.9 Å². The number of aryl methyl sites for hydroxylation is 2. The molecule has 0 radical (unpaired) electrons. The number of hydrogen-bond donors (Lipinski definition) is 1. The summed E-state index contributed by atoms with van der Waals surface area (Å²) in [5.41, 5.74) is 3.01. The van der Waals surface area contributed by atoms with Crippen molar-refractivity contribution < 1.29 is 4.79 Å². The molecule has 3 heterocycles. The van der Waals surface area contributed by atoms with E-state index in [1.807, 2.05) is 18.0 Å². The maximum atomic E-state index is 12.4. The number of carbonyl (C=O) groups is 1. The lowest BCUT2D eigenvalue weighted by Gasteiger charge is -2.27. The fourth-order valence-electron chi connectivity index (χ4n) is 3.28. The van der Waals surface area contributed by atoms with E-state index < -0.39 is 0 Å². The van der Waals surface area contributed by atoms with Gasteiger partial charge in [0.05, 0.1) is 0 Å². The van der Waals surface area contributed by atoms with Crippen LogP contribution in [0.15, 0.2) is 12.3 Å². The summed E-state index contributed by atoms with van der Waals surface area (Å²) in [6.07, 6.45) is 4.82. The fourth-order valence-corrected chi connectivity index (χ4v) is 3.28. The lowest BCUT2D eigenvalue weighted by Crippen LogP contribution is -2.46. The van der Waals surface area contributed by atoms with Gasteiger partial charge in [0.1, 0.15) is 11.3 Å². The summed E-state index contributed by atoms with van der Waals surface area (Å²) in [6.45, 7) is 6.14. The molecule has 1 saturated carbocycles. The molecule has 6 heteroatoms. The standard InChI is InChI=1S/C17H23N5O/c1-12-10-14-17(19-11-12)22(16(20-14)13-2-3-13)7-4-15(23)21-8-5-18-6-9-21/h10-11,13,18H,2-9H2,1H3. The molecule has 1 N–H and O–H groups in total. The summed E-state index contributed by atoms with van der Waals surface area (Å²) in [5.74, 6) is 1.91. The summed E-state index contributed by atoms with van der Waals surface area (Å²) >= 11 is 0. The molecule has 2 fully saturated rings. The van der Waals surface area contributed by atoms with Crippen LogP contribution < -0.4 is 5.32 Å². The van der Waals surface area contributed by atoms with Crippen LogP contribution in [0, 0.1) is 6.92 Å². The molecule has 0 spiro atoms. The maximum Gasteiger partial charge on any atom is 0.224 e. The lowest BCUT2D eigenvalue weighted by molar-refractivity contribution is -0.131. The SMILES string of the molecule is Cc1cnc2c(c1)nc(C1CC1)n2CCC(=O)N1CCNCC1. The molecule has 4 rings (SSSR count). The Morgan fingerprint density at radius 3 is 2.87 bits per heavy atom. The van der Waals surface area contributed by atoms with Crippen LogP contribution in [0.1, 0.15) is 36.6 Å². The minimum absolute atomic E-state index is 0.238. The fraction of sp³-hybridized carbons (Fsp3) is 0.588. The first-order chi connectivity index (χ1) is 11.2. The van der Waals surface area contributed by atoms with Crippen LogP contribution in [0.2, 0.25) is 0 Å². The Labute approximate surface area is 135 Å². The number of carbonyl (C=O) groups excluding carboxylic acids is 1. The molecule has 1 amide bonds. The van der Waals surface area contributed by atoms with E-state index in [0.29, 0.717) is 18.9 Å². The third kappa shape index (κ3) is 2.95. The Kier molecular flexibility index (Phi) is 3.77. The molecule has 6 nitrogen and oxygen atoms in total. The number of piperazine rings is 1. The summed E-state index contributed by atoms with van der Waals surface area (Å²) in [6, 6.07) is 2.09. The number of nitrogens with one attached hydrogen (secondary N) is 1. The highest BCUT2D eigenvalue weighted by molar-refractivity contribution is 5.77. The Morgan fingerprint density at radius 1 is 1.35 bits per heavy atom. The third-order valence-electron chi connectivity index (χ3n) is 4.71. The van der Waals surface area contributed by atoms with Crippen molar-refractivity contribution in [2.45, 2.75) is 38.6 Å². The monoisotopic (exact) mass is 313 g/mol. The molecule has 122 valence electrons. The van der Waals surface area contributed by atoms with Crippen molar-refractivity contribution in [1.29, 1.82) is 0 Å². The summed E-state index contributed by atoms with van der Waals surface area (Å²) in [5, 5.41) is 3.28. The third-order valence-corrected chi connectivity index (χ3v) is 4.71. The minimum atomic E-state index is 0.238. The van der Waals surface area contributed by atoms with E-state index in [1.54, 1.807) is 0 Å². The average Bonchev–Trinajstić information content (AvgIpc) is 3.35. The largest absolute Gasteiger partial charge is 0.340 e. The van der Waals surface area contributed by atoms with Crippen molar-refractivity contribution in [3.05, 3.63) is 23.7 Å². The molecule has 0 atom stereocenters. The van der Waals surface area contributed by atoms with Gasteiger partial charge in [-0.3, -0.25) is 4.79 Å². The second kappa shape index (κ2) is 5.92. The Balaban J connectivity index is 1.55. The average molecular weight is 313 g/mol. The molecular formula is C17H23N5O. The van der Waals surface area contributed by atoms with Gasteiger partial charge in [-0.25, -0.2) is 9.97 Å². The van der Waals surface area contributed by atoms with Gasteiger partial charge < -0.3 is 14.8 Å². The summed E-state index contributed by atoms with van der Waals surface area (Å²) in [7, 11) is 0. The molecule has 23 heavy (non-hydrogen) atoms. The summed E-state index contributed by atoms with van der Waals surface area (Å²) in [4.78, 5) is 23.7. The van der Waals surface area contributed by atoms with Gasteiger partial charge >= 0.3 is 0 Å². The molecule has 0 bridgehead atoms.